The Morgan fingerprint density at radius 2 is 1.56 bits per heavy atom. The molecule has 220 valence electrons. The molecule has 0 saturated heterocycles. The standard InChI is InChI=1S/C30H50N4O5/c1-9-11-12-16-34(28(37)24(14-15-25(31)35)33-29(38)39-30(6,7)8)26(27(36)32-22(5)13-10-2)23-18-20(3)17-21(4)19-23/h17-19,22,24,26H,9-16H2,1-8H3,(H2,31,35)(H,32,36)(H,33,38). The maximum absolute atomic E-state index is 14.2. The number of hydrogen-bond donors (Lipinski definition) is 3. The minimum Gasteiger partial charge on any atom is -0.444 e. The molecule has 0 aliphatic heterocycles. The third-order valence-electron chi connectivity index (χ3n) is 6.18. The number of nitrogens with zero attached hydrogens (tertiary/aromatic N) is 1. The first-order valence-electron chi connectivity index (χ1n) is 14.1. The van der Waals surface area contributed by atoms with Gasteiger partial charge in [-0.2, -0.15) is 0 Å². The third kappa shape index (κ3) is 12.5. The summed E-state index contributed by atoms with van der Waals surface area (Å²) >= 11 is 0. The third-order valence-corrected chi connectivity index (χ3v) is 6.18. The number of hydrogen-bond acceptors (Lipinski definition) is 5. The maximum Gasteiger partial charge on any atom is 0.408 e. The van der Waals surface area contributed by atoms with Gasteiger partial charge in [0.25, 0.3) is 0 Å². The molecule has 39 heavy (non-hydrogen) atoms. The van der Waals surface area contributed by atoms with E-state index in [0.717, 1.165) is 36.8 Å². The number of nitrogens with two attached hydrogens (primary N) is 1. The molecule has 3 unspecified atom stereocenters. The van der Waals surface area contributed by atoms with E-state index in [-0.39, 0.29) is 24.8 Å². The monoisotopic (exact) mass is 546 g/mol. The number of carbonyl (C=O) groups excluding carboxylic acids is 4. The smallest absolute Gasteiger partial charge is 0.408 e. The molecule has 0 saturated carbocycles. The van der Waals surface area contributed by atoms with E-state index in [0.29, 0.717) is 18.5 Å². The highest BCUT2D eigenvalue weighted by molar-refractivity contribution is 5.92. The molecule has 9 nitrogen and oxygen atoms in total. The number of primary amides is 1. The minimum atomic E-state index is -1.09. The molecule has 1 rings (SSSR count). The zero-order valence-corrected chi connectivity index (χ0v) is 25.2. The molecule has 0 bridgehead atoms. The van der Waals surface area contributed by atoms with Gasteiger partial charge in [-0.25, -0.2) is 4.79 Å². The SMILES string of the molecule is CCCCCN(C(=O)C(CCC(N)=O)NC(=O)OC(C)(C)C)C(C(=O)NC(C)CCC)c1cc(C)cc(C)c1. The maximum atomic E-state index is 14.2. The van der Waals surface area contributed by atoms with E-state index >= 15 is 0 Å². The molecule has 4 N–H and O–H groups in total. The lowest BCUT2D eigenvalue weighted by molar-refractivity contribution is -0.143. The lowest BCUT2D eigenvalue weighted by Crippen LogP contribution is -2.54. The summed E-state index contributed by atoms with van der Waals surface area (Å²) in [5.74, 6) is -1.33. The Morgan fingerprint density at radius 1 is 0.949 bits per heavy atom. The Kier molecular flexibility index (Phi) is 14.0. The molecular weight excluding hydrogens is 496 g/mol. The van der Waals surface area contributed by atoms with Gasteiger partial charge in [0.2, 0.25) is 17.7 Å². The van der Waals surface area contributed by atoms with Crippen molar-refractivity contribution in [2.45, 2.75) is 124 Å². The van der Waals surface area contributed by atoms with E-state index < -0.39 is 35.6 Å². The van der Waals surface area contributed by atoms with Gasteiger partial charge in [0, 0.05) is 19.0 Å². The van der Waals surface area contributed by atoms with E-state index in [1.165, 1.54) is 0 Å². The largest absolute Gasteiger partial charge is 0.444 e. The van der Waals surface area contributed by atoms with Gasteiger partial charge >= 0.3 is 6.09 Å². The summed E-state index contributed by atoms with van der Waals surface area (Å²) < 4.78 is 5.39. The fourth-order valence-electron chi connectivity index (χ4n) is 4.56. The number of unbranched alkanes of at least 4 members (excludes halogenated alkanes) is 2. The van der Waals surface area contributed by atoms with Crippen LogP contribution in [0.25, 0.3) is 0 Å². The summed E-state index contributed by atoms with van der Waals surface area (Å²) in [4.78, 5) is 53.9. The van der Waals surface area contributed by atoms with Gasteiger partial charge in [-0.15, -0.1) is 0 Å². The van der Waals surface area contributed by atoms with Crippen molar-refractivity contribution in [3.8, 4) is 0 Å². The van der Waals surface area contributed by atoms with Crippen molar-refractivity contribution in [3.05, 3.63) is 34.9 Å². The first-order chi connectivity index (χ1) is 18.2. The van der Waals surface area contributed by atoms with Crippen LogP contribution in [0.15, 0.2) is 18.2 Å². The van der Waals surface area contributed by atoms with Crippen LogP contribution in [-0.4, -0.2) is 52.9 Å². The van der Waals surface area contributed by atoms with Gasteiger partial charge in [0.05, 0.1) is 0 Å². The predicted octanol–water partition coefficient (Wildman–Crippen LogP) is 4.83. The van der Waals surface area contributed by atoms with Crippen LogP contribution in [0, 0.1) is 13.8 Å². The molecule has 0 radical (unpaired) electrons. The predicted molar refractivity (Wildman–Crippen MR) is 154 cm³/mol. The molecule has 0 heterocycles. The Hall–Kier alpha value is -3.10. The van der Waals surface area contributed by atoms with Crippen LogP contribution in [0.3, 0.4) is 0 Å². The van der Waals surface area contributed by atoms with Crippen molar-refractivity contribution in [1.82, 2.24) is 15.5 Å². The molecule has 9 heteroatoms. The molecular formula is C30H50N4O5. The molecule has 1 aromatic carbocycles. The Labute approximate surface area is 234 Å². The van der Waals surface area contributed by atoms with Crippen molar-refractivity contribution in [2.75, 3.05) is 6.54 Å². The van der Waals surface area contributed by atoms with Crippen LogP contribution >= 0.6 is 0 Å². The molecule has 3 atom stereocenters. The number of aryl methyl sites for hydroxylation is 2. The van der Waals surface area contributed by atoms with Crippen molar-refractivity contribution < 1.29 is 23.9 Å². The van der Waals surface area contributed by atoms with Crippen LogP contribution in [0.5, 0.6) is 0 Å². The fraction of sp³-hybridized carbons (Fsp3) is 0.667. The van der Waals surface area contributed by atoms with Crippen LogP contribution in [0.4, 0.5) is 4.79 Å². The lowest BCUT2D eigenvalue weighted by Gasteiger charge is -2.35. The van der Waals surface area contributed by atoms with Gasteiger partial charge in [0.1, 0.15) is 17.7 Å². The number of carbonyl (C=O) groups is 4. The van der Waals surface area contributed by atoms with Gasteiger partial charge in [-0.05, 0) is 66.4 Å². The molecule has 0 fully saturated rings. The normalized spacial score (nSPS) is 13.6. The summed E-state index contributed by atoms with van der Waals surface area (Å²) in [5.41, 5.74) is 7.26. The molecule has 0 aliphatic rings. The second kappa shape index (κ2) is 16.1. The number of amides is 4. The van der Waals surface area contributed by atoms with Crippen LogP contribution in [0.1, 0.15) is 109 Å². The summed E-state index contributed by atoms with van der Waals surface area (Å²) in [7, 11) is 0. The number of rotatable bonds is 15. The van der Waals surface area contributed by atoms with Crippen molar-refractivity contribution in [1.29, 1.82) is 0 Å². The second-order valence-corrected chi connectivity index (χ2v) is 11.5. The van der Waals surface area contributed by atoms with Crippen molar-refractivity contribution >= 4 is 23.8 Å². The number of nitrogens with one attached hydrogen (secondary N) is 2. The first kappa shape index (κ1) is 33.9. The Balaban J connectivity index is 3.58. The van der Waals surface area contributed by atoms with Crippen molar-refractivity contribution in [3.63, 3.8) is 0 Å². The Morgan fingerprint density at radius 3 is 2.08 bits per heavy atom. The second-order valence-electron chi connectivity index (χ2n) is 11.5. The van der Waals surface area contributed by atoms with E-state index in [1.807, 2.05) is 39.0 Å². The van der Waals surface area contributed by atoms with Crippen LogP contribution in [0.2, 0.25) is 0 Å². The highest BCUT2D eigenvalue weighted by Gasteiger charge is 2.36. The zero-order chi connectivity index (χ0) is 29.8. The number of ether oxygens (including phenoxy) is 1. The average Bonchev–Trinajstić information content (AvgIpc) is 2.78. The number of benzene rings is 1. The van der Waals surface area contributed by atoms with Crippen LogP contribution < -0.4 is 16.4 Å². The summed E-state index contributed by atoms with van der Waals surface area (Å²) in [6.45, 7) is 15.4. The zero-order valence-electron chi connectivity index (χ0n) is 25.2. The van der Waals surface area contributed by atoms with Crippen molar-refractivity contribution in [2.24, 2.45) is 5.73 Å². The summed E-state index contributed by atoms with van der Waals surface area (Å²) in [6.07, 6.45) is 3.28. The quantitative estimate of drug-likeness (QED) is 0.271. The lowest BCUT2D eigenvalue weighted by atomic mass is 9.97. The highest BCUT2D eigenvalue weighted by Crippen LogP contribution is 2.26. The topological polar surface area (TPSA) is 131 Å². The average molecular weight is 547 g/mol. The van der Waals surface area contributed by atoms with E-state index in [1.54, 1.807) is 25.7 Å². The van der Waals surface area contributed by atoms with Gasteiger partial charge < -0.3 is 26.0 Å². The van der Waals surface area contributed by atoms with E-state index in [9.17, 15) is 19.2 Å². The molecule has 0 aliphatic carbocycles. The molecule has 1 aromatic rings. The van der Waals surface area contributed by atoms with E-state index in [4.69, 9.17) is 10.5 Å². The minimum absolute atomic E-state index is 0.00882. The van der Waals surface area contributed by atoms with Gasteiger partial charge in [-0.1, -0.05) is 62.4 Å². The van der Waals surface area contributed by atoms with Crippen LogP contribution in [-0.2, 0) is 19.1 Å². The molecule has 0 spiro atoms. The first-order valence-corrected chi connectivity index (χ1v) is 14.1. The summed E-state index contributed by atoms with van der Waals surface area (Å²) in [6, 6.07) is 3.77. The fourth-order valence-corrected chi connectivity index (χ4v) is 4.56. The van der Waals surface area contributed by atoms with Gasteiger partial charge in [0.15, 0.2) is 0 Å². The summed E-state index contributed by atoms with van der Waals surface area (Å²) in [5, 5.41) is 5.72. The number of alkyl carbamates (subject to hydrolysis) is 1. The Bertz CT molecular complexity index is 952. The molecule has 0 aromatic heterocycles. The van der Waals surface area contributed by atoms with Gasteiger partial charge in [-0.3, -0.25) is 14.4 Å². The molecule has 4 amide bonds. The van der Waals surface area contributed by atoms with E-state index in [2.05, 4.69) is 24.5 Å². The highest BCUT2D eigenvalue weighted by atomic mass is 16.6.